The van der Waals surface area contributed by atoms with E-state index in [4.69, 9.17) is 0 Å². The molecule has 5 heteroatoms. The van der Waals surface area contributed by atoms with E-state index in [9.17, 15) is 0 Å². The first-order valence-electron chi connectivity index (χ1n) is 4.23. The summed E-state index contributed by atoms with van der Waals surface area (Å²) in [6, 6.07) is 7.84. The van der Waals surface area contributed by atoms with Gasteiger partial charge in [-0.3, -0.25) is 0 Å². The third-order valence-corrected chi connectivity index (χ3v) is 2.73. The van der Waals surface area contributed by atoms with Crippen LogP contribution in [0.4, 0.5) is 0 Å². The van der Waals surface area contributed by atoms with E-state index >= 15 is 0 Å². The normalized spacial score (nSPS) is 10.1. The van der Waals surface area contributed by atoms with Crippen LogP contribution < -0.4 is 4.98 Å². The molecule has 3 aromatic rings. The van der Waals surface area contributed by atoms with Crippen LogP contribution in [0.3, 0.4) is 0 Å². The molecule has 3 rings (SSSR count). The Morgan fingerprint density at radius 2 is 2.07 bits per heavy atom. The fourth-order valence-electron chi connectivity index (χ4n) is 1.34. The van der Waals surface area contributed by atoms with Gasteiger partial charge in [-0.2, -0.15) is 0 Å². The maximum absolute atomic E-state index is 4.39. The molecular weight excluding hydrogens is 389 g/mol. The molecule has 0 amide bonds. The molecule has 15 heavy (non-hydrogen) atoms. The summed E-state index contributed by atoms with van der Waals surface area (Å²) in [6.45, 7) is 0. The van der Waals surface area contributed by atoms with Crippen molar-refractivity contribution in [2.75, 3.05) is 0 Å². The van der Waals surface area contributed by atoms with Crippen molar-refractivity contribution in [1.29, 1.82) is 0 Å². The standard InChI is InChI=1S/C10H6N3S.Pt/c1-2-4-8-7(3-1)12-9(13-8)10-11-5-6-14-10;/h1-6H;/q-1;. The van der Waals surface area contributed by atoms with Gasteiger partial charge < -0.3 is 9.97 Å². The van der Waals surface area contributed by atoms with Crippen LogP contribution >= 0.6 is 11.3 Å². The van der Waals surface area contributed by atoms with E-state index in [1.807, 2.05) is 29.6 Å². The molecule has 0 bridgehead atoms. The van der Waals surface area contributed by atoms with Crippen LogP contribution in [0.25, 0.3) is 21.9 Å². The molecule has 3 nitrogen and oxygen atoms in total. The Labute approximate surface area is 105 Å². The second-order valence-electron chi connectivity index (χ2n) is 2.87. The Bertz CT molecular complexity index is 526. The van der Waals surface area contributed by atoms with Crippen LogP contribution in [0.5, 0.6) is 0 Å². The third-order valence-electron chi connectivity index (χ3n) is 1.96. The van der Waals surface area contributed by atoms with Gasteiger partial charge in [-0.25, -0.2) is 4.98 Å². The first-order chi connectivity index (χ1) is 6.93. The van der Waals surface area contributed by atoms with Gasteiger partial charge >= 0.3 is 0 Å². The molecule has 0 N–H and O–H groups in total. The molecule has 2 aromatic heterocycles. The summed E-state index contributed by atoms with van der Waals surface area (Å²) in [6.07, 6.45) is 1.76. The fraction of sp³-hybridized carbons (Fsp3) is 0. The zero-order valence-corrected chi connectivity index (χ0v) is 10.6. The monoisotopic (exact) mass is 395 g/mol. The first-order valence-corrected chi connectivity index (χ1v) is 5.11. The van der Waals surface area contributed by atoms with Crippen molar-refractivity contribution in [3.05, 3.63) is 35.8 Å². The van der Waals surface area contributed by atoms with E-state index in [0.29, 0.717) is 0 Å². The molecule has 0 unspecified atom stereocenters. The zero-order chi connectivity index (χ0) is 9.38. The third kappa shape index (κ3) is 1.87. The maximum atomic E-state index is 4.39. The van der Waals surface area contributed by atoms with Gasteiger partial charge in [0.25, 0.3) is 0 Å². The average Bonchev–Trinajstić information content (AvgIpc) is 2.86. The molecule has 1 aromatic carbocycles. The van der Waals surface area contributed by atoms with Crippen molar-refractivity contribution in [1.82, 2.24) is 15.0 Å². The molecule has 0 fully saturated rings. The summed E-state index contributed by atoms with van der Waals surface area (Å²) in [4.78, 5) is 13.0. The summed E-state index contributed by atoms with van der Waals surface area (Å²) in [5.74, 6) is 0.723. The van der Waals surface area contributed by atoms with Crippen LogP contribution in [0, 0.1) is 0 Å². The molecule has 0 atom stereocenters. The Hall–Kier alpha value is -0.992. The summed E-state index contributed by atoms with van der Waals surface area (Å²) in [5.41, 5.74) is 1.86. The van der Waals surface area contributed by atoms with Gasteiger partial charge in [-0.1, -0.05) is 24.3 Å². The Kier molecular flexibility index (Phi) is 2.98. The van der Waals surface area contributed by atoms with Gasteiger partial charge in [0.1, 0.15) is 5.01 Å². The second kappa shape index (κ2) is 4.25. The number of hydrogen-bond donors (Lipinski definition) is 0. The summed E-state index contributed by atoms with van der Waals surface area (Å²) in [5, 5.41) is 2.80. The smallest absolute Gasteiger partial charge is 0.115 e. The molecule has 0 radical (unpaired) electrons. The van der Waals surface area contributed by atoms with Crippen LogP contribution in [-0.4, -0.2) is 9.97 Å². The zero-order valence-electron chi connectivity index (χ0n) is 7.53. The van der Waals surface area contributed by atoms with Crippen LogP contribution in [-0.2, 0) is 21.1 Å². The minimum atomic E-state index is 0. The van der Waals surface area contributed by atoms with Gasteiger partial charge in [-0.15, -0.1) is 11.3 Å². The van der Waals surface area contributed by atoms with Crippen LogP contribution in [0.1, 0.15) is 0 Å². The number of imidazole rings is 1. The molecule has 0 aliphatic carbocycles. The van der Waals surface area contributed by atoms with Crippen molar-refractivity contribution in [2.24, 2.45) is 0 Å². The molecule has 0 saturated carbocycles. The van der Waals surface area contributed by atoms with Crippen molar-refractivity contribution >= 4 is 22.4 Å². The van der Waals surface area contributed by atoms with E-state index in [2.05, 4.69) is 15.0 Å². The molecule has 78 valence electrons. The van der Waals surface area contributed by atoms with E-state index in [1.54, 1.807) is 17.5 Å². The van der Waals surface area contributed by atoms with E-state index in [1.165, 1.54) is 0 Å². The number of aromatic nitrogens is 3. The van der Waals surface area contributed by atoms with E-state index < -0.39 is 0 Å². The number of hydrogen-bond acceptors (Lipinski definition) is 3. The van der Waals surface area contributed by atoms with Gasteiger partial charge in [-0.05, 0) is 16.9 Å². The molecule has 0 saturated heterocycles. The number of para-hydroxylation sites is 2. The molecular formula is C10H6N3PtS-. The quantitative estimate of drug-likeness (QED) is 0.635. The van der Waals surface area contributed by atoms with Crippen LogP contribution in [0.15, 0.2) is 35.8 Å². The van der Waals surface area contributed by atoms with E-state index in [0.717, 1.165) is 21.9 Å². The van der Waals surface area contributed by atoms with Gasteiger partial charge in [0.2, 0.25) is 0 Å². The molecule has 0 spiro atoms. The maximum Gasteiger partial charge on any atom is 0.115 e. The Morgan fingerprint density at radius 1 is 1.20 bits per heavy atom. The van der Waals surface area contributed by atoms with Crippen molar-refractivity contribution in [3.8, 4) is 10.8 Å². The van der Waals surface area contributed by atoms with Gasteiger partial charge in [0.05, 0.1) is 0 Å². The van der Waals surface area contributed by atoms with Crippen molar-refractivity contribution < 1.29 is 21.1 Å². The largest absolute Gasteiger partial charge is 0.433 e. The van der Waals surface area contributed by atoms with Crippen LogP contribution in [0.2, 0.25) is 0 Å². The number of benzene rings is 1. The predicted molar refractivity (Wildman–Crippen MR) is 56.2 cm³/mol. The summed E-state index contributed by atoms with van der Waals surface area (Å²) >= 11 is 1.56. The minimum Gasteiger partial charge on any atom is -0.433 e. The van der Waals surface area contributed by atoms with Crippen molar-refractivity contribution in [2.45, 2.75) is 0 Å². The Balaban J connectivity index is 0.000000853. The summed E-state index contributed by atoms with van der Waals surface area (Å²) < 4.78 is 0. The van der Waals surface area contributed by atoms with Gasteiger partial charge in [0.15, 0.2) is 0 Å². The summed E-state index contributed by atoms with van der Waals surface area (Å²) in [7, 11) is 0. The van der Waals surface area contributed by atoms with Crippen molar-refractivity contribution in [3.63, 3.8) is 0 Å². The second-order valence-corrected chi connectivity index (χ2v) is 3.77. The molecule has 0 aliphatic heterocycles. The molecule has 0 aliphatic rings. The number of rotatable bonds is 1. The molecule has 2 heterocycles. The van der Waals surface area contributed by atoms with E-state index in [-0.39, 0.29) is 21.1 Å². The number of nitrogens with zero attached hydrogens (tertiary/aromatic N) is 3. The topological polar surface area (TPSA) is 39.9 Å². The number of thiazole rings is 1. The number of fused-ring (bicyclic) bond motifs is 1. The fourth-order valence-corrected chi connectivity index (χ4v) is 1.90. The first kappa shape index (κ1) is 10.5. The minimum absolute atomic E-state index is 0. The Morgan fingerprint density at radius 3 is 2.80 bits per heavy atom. The average molecular weight is 395 g/mol. The predicted octanol–water partition coefficient (Wildman–Crippen LogP) is 2.31. The SMILES string of the molecule is [Pt].c1ccc2[n-]c(-c3nccs3)nc2c1. The van der Waals surface area contributed by atoms with Gasteiger partial charge in [0, 0.05) is 32.6 Å².